The highest BCUT2D eigenvalue weighted by molar-refractivity contribution is 5.91. The van der Waals surface area contributed by atoms with Gasteiger partial charge in [-0.3, -0.25) is 4.79 Å². The number of nitrogens with zero attached hydrogens (tertiary/aromatic N) is 5. The highest BCUT2D eigenvalue weighted by Crippen LogP contribution is 2.18. The molecule has 0 radical (unpaired) electrons. The molecule has 0 spiro atoms. The summed E-state index contributed by atoms with van der Waals surface area (Å²) in [4.78, 5) is 20.5. The van der Waals surface area contributed by atoms with Gasteiger partial charge in [0, 0.05) is 12.2 Å². The third-order valence-electron chi connectivity index (χ3n) is 4.19. The van der Waals surface area contributed by atoms with Crippen molar-refractivity contribution in [2.75, 3.05) is 18.4 Å². The number of hydrogen-bond donors (Lipinski definition) is 2. The first kappa shape index (κ1) is 16.4. The smallest absolute Gasteiger partial charge is 0.297 e. The van der Waals surface area contributed by atoms with Crippen LogP contribution in [0.15, 0.2) is 41.2 Å². The molecule has 0 aliphatic carbocycles. The maximum atomic E-state index is 12.1. The second-order valence-corrected chi connectivity index (χ2v) is 6.16. The Morgan fingerprint density at radius 2 is 2.23 bits per heavy atom. The summed E-state index contributed by atoms with van der Waals surface area (Å²) in [6.45, 7) is 1.91. The van der Waals surface area contributed by atoms with Crippen LogP contribution in [0.1, 0.15) is 24.7 Å². The van der Waals surface area contributed by atoms with Crippen molar-refractivity contribution >= 4 is 11.6 Å². The molecular formula is C17H19N7O2. The van der Waals surface area contributed by atoms with Crippen LogP contribution in [-0.4, -0.2) is 43.9 Å². The highest BCUT2D eigenvalue weighted by Gasteiger charge is 2.20. The van der Waals surface area contributed by atoms with Crippen molar-refractivity contribution in [2.45, 2.75) is 25.3 Å². The van der Waals surface area contributed by atoms with Gasteiger partial charge >= 0.3 is 0 Å². The molecule has 1 fully saturated rings. The molecule has 2 N–H and O–H groups in total. The van der Waals surface area contributed by atoms with Gasteiger partial charge in [-0.1, -0.05) is 23.4 Å². The topological polar surface area (TPSA) is 111 Å². The Balaban J connectivity index is 1.40. The molecule has 1 aliphatic rings. The van der Waals surface area contributed by atoms with E-state index in [1.54, 1.807) is 6.33 Å². The van der Waals surface area contributed by atoms with E-state index >= 15 is 0 Å². The minimum atomic E-state index is -0.213. The minimum absolute atomic E-state index is 0.0195. The molecule has 1 saturated heterocycles. The van der Waals surface area contributed by atoms with Crippen LogP contribution in [0, 0.1) is 0 Å². The van der Waals surface area contributed by atoms with Crippen molar-refractivity contribution in [3.05, 3.63) is 42.5 Å². The molecule has 3 heterocycles. The summed E-state index contributed by atoms with van der Waals surface area (Å²) in [5, 5.41) is 14.4. The first-order chi connectivity index (χ1) is 12.8. The lowest BCUT2D eigenvalue weighted by Gasteiger charge is -2.22. The predicted molar refractivity (Wildman–Crippen MR) is 93.2 cm³/mol. The van der Waals surface area contributed by atoms with Crippen LogP contribution in [0.5, 0.6) is 0 Å². The number of benzene rings is 1. The number of hydrogen-bond acceptors (Lipinski definition) is 7. The van der Waals surface area contributed by atoms with Crippen LogP contribution in [0.3, 0.4) is 0 Å². The first-order valence-electron chi connectivity index (χ1n) is 8.57. The second kappa shape index (κ2) is 7.44. The van der Waals surface area contributed by atoms with Crippen molar-refractivity contribution in [2.24, 2.45) is 0 Å². The third-order valence-corrected chi connectivity index (χ3v) is 4.19. The quantitative estimate of drug-likeness (QED) is 0.714. The molecule has 2 aromatic heterocycles. The second-order valence-electron chi connectivity index (χ2n) is 6.16. The van der Waals surface area contributed by atoms with Crippen molar-refractivity contribution in [3.63, 3.8) is 0 Å². The SMILES string of the molecule is O=C(Cc1noc(-c2ncn(C3CCCNC3)n2)n1)Nc1ccccc1. The summed E-state index contributed by atoms with van der Waals surface area (Å²) in [7, 11) is 0. The van der Waals surface area contributed by atoms with Gasteiger partial charge in [0.2, 0.25) is 11.7 Å². The summed E-state index contributed by atoms with van der Waals surface area (Å²) in [6, 6.07) is 9.50. The van der Waals surface area contributed by atoms with E-state index in [1.807, 2.05) is 35.0 Å². The normalized spacial score (nSPS) is 17.2. The summed E-state index contributed by atoms with van der Waals surface area (Å²) < 4.78 is 7.03. The van der Waals surface area contributed by atoms with Gasteiger partial charge in [-0.25, -0.2) is 9.67 Å². The van der Waals surface area contributed by atoms with Gasteiger partial charge in [0.25, 0.3) is 5.89 Å². The van der Waals surface area contributed by atoms with E-state index in [-0.39, 0.29) is 24.3 Å². The van der Waals surface area contributed by atoms with Crippen LogP contribution in [0.25, 0.3) is 11.7 Å². The maximum Gasteiger partial charge on any atom is 0.297 e. The summed E-state index contributed by atoms with van der Waals surface area (Å²) in [5.74, 6) is 0.673. The van der Waals surface area contributed by atoms with E-state index in [0.717, 1.165) is 31.6 Å². The zero-order valence-corrected chi connectivity index (χ0v) is 14.1. The summed E-state index contributed by atoms with van der Waals surface area (Å²) in [5.41, 5.74) is 0.725. The van der Waals surface area contributed by atoms with Gasteiger partial charge in [0.1, 0.15) is 6.33 Å². The van der Waals surface area contributed by atoms with E-state index in [2.05, 4.69) is 30.9 Å². The number of nitrogens with one attached hydrogen (secondary N) is 2. The fraction of sp³-hybridized carbons (Fsp3) is 0.353. The van der Waals surface area contributed by atoms with E-state index in [1.165, 1.54) is 0 Å². The zero-order valence-electron chi connectivity index (χ0n) is 14.1. The van der Waals surface area contributed by atoms with Crippen LogP contribution in [-0.2, 0) is 11.2 Å². The lowest BCUT2D eigenvalue weighted by atomic mass is 10.1. The molecular weight excluding hydrogens is 334 g/mol. The number of carbonyl (C=O) groups is 1. The van der Waals surface area contributed by atoms with Crippen LogP contribution >= 0.6 is 0 Å². The molecule has 0 saturated carbocycles. The monoisotopic (exact) mass is 353 g/mol. The van der Waals surface area contributed by atoms with E-state index in [9.17, 15) is 4.79 Å². The fourth-order valence-electron chi connectivity index (χ4n) is 2.89. The molecule has 4 rings (SSSR count). The largest absolute Gasteiger partial charge is 0.330 e. The van der Waals surface area contributed by atoms with Gasteiger partial charge < -0.3 is 15.2 Å². The van der Waals surface area contributed by atoms with Crippen LogP contribution in [0.4, 0.5) is 5.69 Å². The molecule has 9 heteroatoms. The van der Waals surface area contributed by atoms with Crippen molar-refractivity contribution in [3.8, 4) is 11.7 Å². The molecule has 1 unspecified atom stereocenters. The van der Waals surface area contributed by atoms with Crippen LogP contribution < -0.4 is 10.6 Å². The Labute approximate surface area is 149 Å². The average Bonchev–Trinajstić information content (AvgIpc) is 3.32. The van der Waals surface area contributed by atoms with E-state index < -0.39 is 0 Å². The Hall–Kier alpha value is -3.07. The molecule has 3 aromatic rings. The maximum absolute atomic E-state index is 12.1. The van der Waals surface area contributed by atoms with Crippen LogP contribution in [0.2, 0.25) is 0 Å². The van der Waals surface area contributed by atoms with Crippen molar-refractivity contribution in [1.29, 1.82) is 0 Å². The fourth-order valence-corrected chi connectivity index (χ4v) is 2.89. The zero-order chi connectivity index (χ0) is 17.8. The van der Waals surface area contributed by atoms with Gasteiger partial charge in [0.15, 0.2) is 5.82 Å². The average molecular weight is 353 g/mol. The molecule has 1 aromatic carbocycles. The lowest BCUT2D eigenvalue weighted by Crippen LogP contribution is -2.31. The molecule has 1 atom stereocenters. The third kappa shape index (κ3) is 3.77. The Morgan fingerprint density at radius 1 is 1.35 bits per heavy atom. The van der Waals surface area contributed by atoms with Gasteiger partial charge in [-0.05, 0) is 31.5 Å². The number of piperidine rings is 1. The lowest BCUT2D eigenvalue weighted by molar-refractivity contribution is -0.115. The van der Waals surface area contributed by atoms with Gasteiger partial charge in [-0.15, -0.1) is 5.10 Å². The molecule has 1 aliphatic heterocycles. The van der Waals surface area contributed by atoms with Gasteiger partial charge in [-0.2, -0.15) is 4.98 Å². The van der Waals surface area contributed by atoms with E-state index in [0.29, 0.717) is 11.6 Å². The number of rotatable bonds is 5. The molecule has 0 bridgehead atoms. The number of amides is 1. The van der Waals surface area contributed by atoms with E-state index in [4.69, 9.17) is 4.52 Å². The highest BCUT2D eigenvalue weighted by atomic mass is 16.5. The predicted octanol–water partition coefficient (Wildman–Crippen LogP) is 1.43. The standard InChI is InChI=1S/C17H19N7O2/c25-15(20-12-5-2-1-3-6-12)9-14-21-17(26-23-14)16-19-11-24(22-16)13-7-4-8-18-10-13/h1-3,5-6,11,13,18H,4,7-10H2,(H,20,25). The van der Waals surface area contributed by atoms with Gasteiger partial charge in [0.05, 0.1) is 12.5 Å². The number of para-hydroxylation sites is 1. The molecule has 9 nitrogen and oxygen atoms in total. The van der Waals surface area contributed by atoms with Crippen molar-refractivity contribution in [1.82, 2.24) is 30.2 Å². The summed E-state index contributed by atoms with van der Waals surface area (Å²) >= 11 is 0. The van der Waals surface area contributed by atoms with Crippen molar-refractivity contribution < 1.29 is 9.32 Å². The number of aromatic nitrogens is 5. The Morgan fingerprint density at radius 3 is 3.04 bits per heavy atom. The number of carbonyl (C=O) groups excluding carboxylic acids is 1. The number of anilines is 1. The molecule has 1 amide bonds. The Bertz CT molecular complexity index is 868. The minimum Gasteiger partial charge on any atom is -0.330 e. The Kier molecular flexibility index (Phi) is 4.69. The molecule has 134 valence electrons. The summed E-state index contributed by atoms with van der Waals surface area (Å²) in [6.07, 6.45) is 3.87. The molecule has 26 heavy (non-hydrogen) atoms. The first-order valence-corrected chi connectivity index (χ1v) is 8.57.